The minimum absolute atomic E-state index is 0.346. The van der Waals surface area contributed by atoms with Crippen molar-refractivity contribution in [2.24, 2.45) is 11.7 Å². The normalized spacial score (nSPS) is 15.0. The molecule has 2 N–H and O–H groups in total. The van der Waals surface area contributed by atoms with Crippen molar-refractivity contribution < 1.29 is 4.79 Å². The summed E-state index contributed by atoms with van der Waals surface area (Å²) in [6, 6.07) is 27.9. The van der Waals surface area contributed by atoms with Crippen molar-refractivity contribution in [1.82, 2.24) is 4.90 Å². The molecule has 0 saturated carbocycles. The second-order valence-corrected chi connectivity index (χ2v) is 9.33. The zero-order chi connectivity index (χ0) is 23.2. The van der Waals surface area contributed by atoms with Crippen LogP contribution in [0.2, 0.25) is 0 Å². The van der Waals surface area contributed by atoms with Crippen molar-refractivity contribution in [1.29, 1.82) is 0 Å². The molecular weight excluding hydrogens is 406 g/mol. The summed E-state index contributed by atoms with van der Waals surface area (Å²) in [5.74, 6) is 0.724. The lowest BCUT2D eigenvalue weighted by molar-refractivity contribution is 0.0999. The molecule has 1 fully saturated rings. The maximum atomic E-state index is 12.0. The van der Waals surface area contributed by atoms with E-state index in [2.05, 4.69) is 77.7 Å². The minimum atomic E-state index is -0.346. The predicted molar refractivity (Wildman–Crippen MR) is 137 cm³/mol. The highest BCUT2D eigenvalue weighted by Gasteiger charge is 2.28. The zero-order valence-electron chi connectivity index (χ0n) is 19.8. The Morgan fingerprint density at radius 3 is 2.03 bits per heavy atom. The Morgan fingerprint density at radius 1 is 0.939 bits per heavy atom. The lowest BCUT2D eigenvalue weighted by atomic mass is 9.76. The fourth-order valence-electron chi connectivity index (χ4n) is 5.14. The summed E-state index contributed by atoms with van der Waals surface area (Å²) in [5.41, 5.74) is 11.2. The Bertz CT molecular complexity index is 1000. The summed E-state index contributed by atoms with van der Waals surface area (Å²) >= 11 is 0. The highest BCUT2D eigenvalue weighted by atomic mass is 16.1. The standard InChI is InChI=1S/C29H35N3O/c1-31(2)26-14-13-22(27(21-26)29(30)33)15-18-32-19-16-25(17-20-32)28(23-9-5-3-6-10-23)24-11-7-4-8-12-24/h3-14,21,25,28H,15-20H2,1-2H3,(H2,30,33). The molecule has 1 amide bonds. The number of benzene rings is 3. The second kappa shape index (κ2) is 10.7. The van der Waals surface area contributed by atoms with Gasteiger partial charge in [0.2, 0.25) is 5.91 Å². The molecule has 1 aliphatic rings. The average Bonchev–Trinajstić information content (AvgIpc) is 2.85. The molecule has 1 heterocycles. The third-order valence-electron chi connectivity index (χ3n) is 6.99. The summed E-state index contributed by atoms with van der Waals surface area (Å²) in [7, 11) is 3.95. The number of hydrogen-bond donors (Lipinski definition) is 1. The van der Waals surface area contributed by atoms with Crippen LogP contribution in [0.1, 0.15) is 45.8 Å². The van der Waals surface area contributed by atoms with Crippen LogP contribution in [-0.4, -0.2) is 44.5 Å². The van der Waals surface area contributed by atoms with E-state index in [4.69, 9.17) is 5.73 Å². The number of nitrogens with zero attached hydrogens (tertiary/aromatic N) is 2. The van der Waals surface area contributed by atoms with Crippen LogP contribution >= 0.6 is 0 Å². The highest BCUT2D eigenvalue weighted by Crippen LogP contribution is 2.38. The van der Waals surface area contributed by atoms with Gasteiger partial charge in [-0.3, -0.25) is 4.79 Å². The van der Waals surface area contributed by atoms with Crippen LogP contribution in [0.15, 0.2) is 78.9 Å². The van der Waals surface area contributed by atoms with Gasteiger partial charge in [0.15, 0.2) is 0 Å². The third-order valence-corrected chi connectivity index (χ3v) is 6.99. The molecule has 4 nitrogen and oxygen atoms in total. The molecule has 0 spiro atoms. The average molecular weight is 442 g/mol. The lowest BCUT2D eigenvalue weighted by Crippen LogP contribution is -2.37. The van der Waals surface area contributed by atoms with Gasteiger partial charge in [-0.05, 0) is 67.1 Å². The predicted octanol–water partition coefficient (Wildman–Crippen LogP) is 4.94. The van der Waals surface area contributed by atoms with Crippen molar-refractivity contribution in [2.45, 2.75) is 25.2 Å². The molecule has 0 bridgehead atoms. The van der Waals surface area contributed by atoms with E-state index >= 15 is 0 Å². The Morgan fingerprint density at radius 2 is 1.52 bits per heavy atom. The molecule has 0 atom stereocenters. The van der Waals surface area contributed by atoms with Crippen molar-refractivity contribution in [2.75, 3.05) is 38.6 Å². The van der Waals surface area contributed by atoms with Crippen LogP contribution in [0.5, 0.6) is 0 Å². The molecule has 172 valence electrons. The summed E-state index contributed by atoms with van der Waals surface area (Å²) in [6.07, 6.45) is 3.20. The maximum absolute atomic E-state index is 12.0. The van der Waals surface area contributed by atoms with E-state index in [0.717, 1.165) is 37.3 Å². The number of amides is 1. The summed E-state index contributed by atoms with van der Waals surface area (Å²) in [6.45, 7) is 3.13. The molecule has 33 heavy (non-hydrogen) atoms. The van der Waals surface area contributed by atoms with E-state index < -0.39 is 0 Å². The number of piperidine rings is 1. The quantitative estimate of drug-likeness (QED) is 0.539. The zero-order valence-corrected chi connectivity index (χ0v) is 19.8. The van der Waals surface area contributed by atoms with Crippen molar-refractivity contribution >= 4 is 11.6 Å². The van der Waals surface area contributed by atoms with Gasteiger partial charge in [-0.25, -0.2) is 0 Å². The smallest absolute Gasteiger partial charge is 0.249 e. The summed E-state index contributed by atoms with van der Waals surface area (Å²) in [4.78, 5) is 16.6. The van der Waals surface area contributed by atoms with Gasteiger partial charge < -0.3 is 15.5 Å². The van der Waals surface area contributed by atoms with Crippen LogP contribution in [0, 0.1) is 5.92 Å². The molecule has 1 aliphatic heterocycles. The number of rotatable bonds is 8. The number of carbonyl (C=O) groups is 1. The fourth-order valence-corrected chi connectivity index (χ4v) is 5.14. The van der Waals surface area contributed by atoms with Gasteiger partial charge in [-0.2, -0.15) is 0 Å². The van der Waals surface area contributed by atoms with Crippen LogP contribution in [0.3, 0.4) is 0 Å². The van der Waals surface area contributed by atoms with E-state index in [1.165, 1.54) is 24.0 Å². The van der Waals surface area contributed by atoms with Gasteiger partial charge in [0.1, 0.15) is 0 Å². The molecule has 4 heteroatoms. The molecule has 3 aromatic carbocycles. The molecule has 0 aliphatic carbocycles. The molecule has 0 radical (unpaired) electrons. The van der Waals surface area contributed by atoms with Crippen molar-refractivity contribution in [3.8, 4) is 0 Å². The van der Waals surface area contributed by atoms with Gasteiger partial charge in [0.25, 0.3) is 0 Å². The first-order chi connectivity index (χ1) is 16.0. The second-order valence-electron chi connectivity index (χ2n) is 9.33. The van der Waals surface area contributed by atoms with Gasteiger partial charge >= 0.3 is 0 Å². The lowest BCUT2D eigenvalue weighted by Gasteiger charge is -2.36. The van der Waals surface area contributed by atoms with Crippen LogP contribution in [0.25, 0.3) is 0 Å². The first-order valence-corrected chi connectivity index (χ1v) is 11.9. The van der Waals surface area contributed by atoms with Crippen molar-refractivity contribution in [3.63, 3.8) is 0 Å². The van der Waals surface area contributed by atoms with Gasteiger partial charge in [0.05, 0.1) is 0 Å². The Labute approximate surface area is 198 Å². The summed E-state index contributed by atoms with van der Waals surface area (Å²) < 4.78 is 0. The van der Waals surface area contributed by atoms with E-state index in [0.29, 0.717) is 17.4 Å². The monoisotopic (exact) mass is 441 g/mol. The van der Waals surface area contributed by atoms with Crippen LogP contribution < -0.4 is 10.6 Å². The molecule has 1 saturated heterocycles. The Kier molecular flexibility index (Phi) is 7.46. The summed E-state index contributed by atoms with van der Waals surface area (Å²) in [5, 5.41) is 0. The molecule has 0 aromatic heterocycles. The number of nitrogens with two attached hydrogens (primary N) is 1. The topological polar surface area (TPSA) is 49.6 Å². The molecule has 0 unspecified atom stereocenters. The van der Waals surface area contributed by atoms with Gasteiger partial charge in [0, 0.05) is 37.8 Å². The van der Waals surface area contributed by atoms with Crippen molar-refractivity contribution in [3.05, 3.63) is 101 Å². The molecule has 4 rings (SSSR count). The third kappa shape index (κ3) is 5.63. The number of primary amides is 1. The van der Waals surface area contributed by atoms with Gasteiger partial charge in [-0.15, -0.1) is 0 Å². The number of carbonyl (C=O) groups excluding carboxylic acids is 1. The molecular formula is C29H35N3O. The molecule has 3 aromatic rings. The Hall–Kier alpha value is -3.11. The van der Waals surface area contributed by atoms with Crippen LogP contribution in [0.4, 0.5) is 5.69 Å². The SMILES string of the molecule is CN(C)c1ccc(CCN2CCC(C(c3ccccc3)c3ccccc3)CC2)c(C(N)=O)c1. The number of hydrogen-bond acceptors (Lipinski definition) is 3. The first kappa shape index (κ1) is 23.1. The Balaban J connectivity index is 1.41. The minimum Gasteiger partial charge on any atom is -0.378 e. The fraction of sp³-hybridized carbons (Fsp3) is 0.345. The van der Waals surface area contributed by atoms with E-state index in [1.807, 2.05) is 25.1 Å². The maximum Gasteiger partial charge on any atom is 0.249 e. The van der Waals surface area contributed by atoms with E-state index in [1.54, 1.807) is 0 Å². The number of anilines is 1. The van der Waals surface area contributed by atoms with E-state index in [9.17, 15) is 4.79 Å². The van der Waals surface area contributed by atoms with Gasteiger partial charge in [-0.1, -0.05) is 66.7 Å². The first-order valence-electron chi connectivity index (χ1n) is 11.9. The number of likely N-dealkylation sites (tertiary alicyclic amines) is 1. The van der Waals surface area contributed by atoms with Crippen LogP contribution in [-0.2, 0) is 6.42 Å². The highest BCUT2D eigenvalue weighted by molar-refractivity contribution is 5.95. The van der Waals surface area contributed by atoms with E-state index in [-0.39, 0.29) is 5.91 Å². The largest absolute Gasteiger partial charge is 0.378 e.